The highest BCUT2D eigenvalue weighted by Gasteiger charge is 2.19. The predicted octanol–water partition coefficient (Wildman–Crippen LogP) is 1.07. The van der Waals surface area contributed by atoms with E-state index in [1.165, 1.54) is 24.7 Å². The highest BCUT2D eigenvalue weighted by Crippen LogP contribution is 2.20. The number of hydrogen-bond acceptors (Lipinski definition) is 5. The Morgan fingerprint density at radius 2 is 2.23 bits per heavy atom. The van der Waals surface area contributed by atoms with Crippen molar-refractivity contribution in [2.75, 3.05) is 0 Å². The first-order chi connectivity index (χ1) is 6.38. The molecule has 0 aliphatic carbocycles. The van der Waals surface area contributed by atoms with Gasteiger partial charge in [-0.25, -0.2) is 0 Å². The average Bonchev–Trinajstić information content (AvgIpc) is 2.20. The van der Waals surface area contributed by atoms with Gasteiger partial charge in [-0.15, -0.1) is 0 Å². The van der Waals surface area contributed by atoms with E-state index in [9.17, 15) is 4.79 Å². The summed E-state index contributed by atoms with van der Waals surface area (Å²) in [5.74, 6) is -0.0806. The van der Waals surface area contributed by atoms with Gasteiger partial charge in [0.05, 0.1) is 12.4 Å². The van der Waals surface area contributed by atoms with Crippen molar-refractivity contribution in [2.24, 2.45) is 10.2 Å². The van der Waals surface area contributed by atoms with Gasteiger partial charge < -0.3 is 0 Å². The van der Waals surface area contributed by atoms with Crippen LogP contribution in [0.4, 0.5) is 0 Å². The number of nitrogens with zero attached hydrogens (tertiary/aromatic N) is 4. The van der Waals surface area contributed by atoms with Crippen LogP contribution < -0.4 is 0 Å². The zero-order valence-corrected chi connectivity index (χ0v) is 6.66. The van der Waals surface area contributed by atoms with Crippen LogP contribution in [-0.2, 0) is 4.79 Å². The van der Waals surface area contributed by atoms with Crippen LogP contribution in [0.1, 0.15) is 11.6 Å². The van der Waals surface area contributed by atoms with Crippen LogP contribution in [-0.4, -0.2) is 16.0 Å². The van der Waals surface area contributed by atoms with E-state index in [1.54, 1.807) is 6.07 Å². The fraction of sp³-hybridized carbons (Fsp3) is 0.125. The second-order valence-electron chi connectivity index (χ2n) is 2.53. The molecular weight excluding hydrogens is 168 g/mol. The molecule has 0 fully saturated rings. The quantitative estimate of drug-likeness (QED) is 0.639. The van der Waals surface area contributed by atoms with E-state index in [4.69, 9.17) is 0 Å². The average molecular weight is 174 g/mol. The van der Waals surface area contributed by atoms with Gasteiger partial charge in [0.15, 0.2) is 11.8 Å². The molecule has 0 N–H and O–H groups in total. The van der Waals surface area contributed by atoms with Gasteiger partial charge in [0.25, 0.3) is 0 Å². The number of ketones is 1. The minimum absolute atomic E-state index is 0.0806. The zero-order chi connectivity index (χ0) is 9.10. The molecule has 0 saturated carbocycles. The Kier molecular flexibility index (Phi) is 1.91. The normalized spacial score (nSPS) is 20.6. The molecular formula is C8H6N4O. The number of aromatic nitrogens is 2. The van der Waals surface area contributed by atoms with Gasteiger partial charge in [-0.05, 0) is 6.07 Å². The molecule has 64 valence electrons. The second kappa shape index (κ2) is 3.22. The molecule has 0 spiro atoms. The van der Waals surface area contributed by atoms with Crippen LogP contribution in [0.2, 0.25) is 0 Å². The summed E-state index contributed by atoms with van der Waals surface area (Å²) in [6.45, 7) is 0. The lowest BCUT2D eigenvalue weighted by atomic mass is 10.1. The summed E-state index contributed by atoms with van der Waals surface area (Å²) in [6, 6.07) is 1.16. The minimum Gasteiger partial charge on any atom is -0.292 e. The molecule has 1 aromatic rings. The molecule has 2 rings (SSSR count). The molecule has 2 heterocycles. The lowest BCUT2D eigenvalue weighted by Gasteiger charge is -2.08. The molecule has 1 aromatic heterocycles. The molecule has 1 aliphatic heterocycles. The number of hydrogen-bond donors (Lipinski definition) is 0. The van der Waals surface area contributed by atoms with Crippen molar-refractivity contribution in [3.05, 3.63) is 36.3 Å². The fourth-order valence-corrected chi connectivity index (χ4v) is 1.05. The first-order valence-corrected chi connectivity index (χ1v) is 3.75. The smallest absolute Gasteiger partial charge is 0.188 e. The Bertz CT molecular complexity index is 371. The van der Waals surface area contributed by atoms with Crippen molar-refractivity contribution in [3.63, 3.8) is 0 Å². The Hall–Kier alpha value is -1.91. The van der Waals surface area contributed by atoms with Gasteiger partial charge in [0.1, 0.15) is 0 Å². The van der Waals surface area contributed by atoms with Gasteiger partial charge in [0.2, 0.25) is 0 Å². The van der Waals surface area contributed by atoms with Crippen molar-refractivity contribution in [2.45, 2.75) is 6.04 Å². The largest absolute Gasteiger partial charge is 0.292 e. The SMILES string of the molecule is O=C1C=CN=NC1c1ccnnc1. The van der Waals surface area contributed by atoms with Gasteiger partial charge in [-0.2, -0.15) is 20.4 Å². The van der Waals surface area contributed by atoms with Crippen molar-refractivity contribution in [1.82, 2.24) is 10.2 Å². The highest BCUT2D eigenvalue weighted by molar-refractivity contribution is 5.95. The molecule has 1 aliphatic rings. The van der Waals surface area contributed by atoms with Gasteiger partial charge >= 0.3 is 0 Å². The van der Waals surface area contributed by atoms with Gasteiger partial charge in [-0.3, -0.25) is 4.79 Å². The maximum Gasteiger partial charge on any atom is 0.188 e. The molecule has 0 bridgehead atoms. The Balaban J connectivity index is 2.32. The fourth-order valence-electron chi connectivity index (χ4n) is 1.05. The first kappa shape index (κ1) is 7.72. The summed E-state index contributed by atoms with van der Waals surface area (Å²) in [7, 11) is 0. The van der Waals surface area contributed by atoms with E-state index >= 15 is 0 Å². The maximum absolute atomic E-state index is 11.3. The molecule has 5 heteroatoms. The summed E-state index contributed by atoms with van der Waals surface area (Å²) >= 11 is 0. The van der Waals surface area contributed by atoms with Crippen LogP contribution in [0.3, 0.4) is 0 Å². The summed E-state index contributed by atoms with van der Waals surface area (Å²) in [4.78, 5) is 11.3. The summed E-state index contributed by atoms with van der Waals surface area (Å²) < 4.78 is 0. The van der Waals surface area contributed by atoms with Crippen molar-refractivity contribution in [3.8, 4) is 0 Å². The van der Waals surface area contributed by atoms with Gasteiger partial charge in [-0.1, -0.05) is 0 Å². The van der Waals surface area contributed by atoms with Crippen LogP contribution in [0.15, 0.2) is 41.0 Å². The van der Waals surface area contributed by atoms with Crippen LogP contribution >= 0.6 is 0 Å². The third kappa shape index (κ3) is 1.48. The predicted molar refractivity (Wildman–Crippen MR) is 43.8 cm³/mol. The standard InChI is InChI=1S/C8H6N4O/c13-7-2-4-10-12-8(7)6-1-3-9-11-5-6/h1-5,8H. The number of carbonyl (C=O) groups excluding carboxylic acids is 1. The molecule has 0 aromatic carbocycles. The molecule has 1 atom stereocenters. The first-order valence-electron chi connectivity index (χ1n) is 3.75. The highest BCUT2D eigenvalue weighted by atomic mass is 16.1. The zero-order valence-electron chi connectivity index (χ0n) is 6.66. The van der Waals surface area contributed by atoms with Crippen LogP contribution in [0, 0.1) is 0 Å². The van der Waals surface area contributed by atoms with E-state index in [0.29, 0.717) is 5.56 Å². The number of rotatable bonds is 1. The third-order valence-corrected chi connectivity index (χ3v) is 1.68. The lowest BCUT2D eigenvalue weighted by Crippen LogP contribution is -2.09. The molecule has 0 amide bonds. The molecule has 5 nitrogen and oxygen atoms in total. The Morgan fingerprint density at radius 1 is 1.31 bits per heavy atom. The number of azo groups is 1. The van der Waals surface area contributed by atoms with E-state index in [-0.39, 0.29) is 5.78 Å². The van der Waals surface area contributed by atoms with E-state index < -0.39 is 6.04 Å². The molecule has 13 heavy (non-hydrogen) atoms. The minimum atomic E-state index is -0.541. The van der Waals surface area contributed by atoms with Crippen LogP contribution in [0.5, 0.6) is 0 Å². The summed E-state index contributed by atoms with van der Waals surface area (Å²) in [5.41, 5.74) is 0.716. The van der Waals surface area contributed by atoms with E-state index in [0.717, 1.165) is 0 Å². The van der Waals surface area contributed by atoms with Gasteiger partial charge in [0, 0.05) is 17.8 Å². The van der Waals surface area contributed by atoms with E-state index in [2.05, 4.69) is 20.4 Å². The van der Waals surface area contributed by atoms with Crippen molar-refractivity contribution < 1.29 is 4.79 Å². The lowest BCUT2D eigenvalue weighted by molar-refractivity contribution is -0.116. The van der Waals surface area contributed by atoms with E-state index in [1.807, 2.05) is 0 Å². The maximum atomic E-state index is 11.3. The molecule has 1 unspecified atom stereocenters. The summed E-state index contributed by atoms with van der Waals surface area (Å²) in [6.07, 6.45) is 5.82. The summed E-state index contributed by atoms with van der Waals surface area (Å²) in [5, 5.41) is 14.7. The molecule has 0 radical (unpaired) electrons. The van der Waals surface area contributed by atoms with Crippen molar-refractivity contribution in [1.29, 1.82) is 0 Å². The van der Waals surface area contributed by atoms with Crippen molar-refractivity contribution >= 4 is 5.78 Å². The molecule has 0 saturated heterocycles. The Labute approximate surface area is 74.2 Å². The monoisotopic (exact) mass is 174 g/mol. The third-order valence-electron chi connectivity index (χ3n) is 1.68. The second-order valence-corrected chi connectivity index (χ2v) is 2.53. The Morgan fingerprint density at radius 3 is 2.92 bits per heavy atom. The number of carbonyl (C=O) groups is 1. The topological polar surface area (TPSA) is 67.6 Å². The van der Waals surface area contributed by atoms with Crippen LogP contribution in [0.25, 0.3) is 0 Å².